The normalized spacial score (nSPS) is 11.6. The molecule has 0 saturated heterocycles. The molecule has 0 aliphatic carbocycles. The maximum Gasteiger partial charge on any atom is 0.239 e. The van der Waals surface area contributed by atoms with Crippen molar-refractivity contribution in [3.05, 3.63) is 60.1 Å². The Balaban J connectivity index is 1.65. The Labute approximate surface area is 199 Å². The molecule has 8 nitrogen and oxygen atoms in total. The second-order valence-electron chi connectivity index (χ2n) is 6.84. The predicted molar refractivity (Wildman–Crippen MR) is 130 cm³/mol. The first-order chi connectivity index (χ1) is 16.1. The van der Waals surface area contributed by atoms with Crippen molar-refractivity contribution in [1.29, 1.82) is 0 Å². The van der Waals surface area contributed by atoms with E-state index < -0.39 is 5.25 Å². The molecule has 2 aromatic heterocycles. The largest absolute Gasteiger partial charge is 0.497 e. The Morgan fingerprint density at radius 3 is 2.09 bits per heavy atom. The predicted octanol–water partition coefficient (Wildman–Crippen LogP) is 4.80. The first kappa shape index (κ1) is 22.7. The molecule has 1 unspecified atom stereocenters. The van der Waals surface area contributed by atoms with E-state index in [1.165, 1.54) is 23.1 Å². The van der Waals surface area contributed by atoms with Gasteiger partial charge in [-0.3, -0.25) is 4.79 Å². The zero-order valence-electron chi connectivity index (χ0n) is 18.2. The lowest BCUT2D eigenvalue weighted by Gasteiger charge is -2.12. The summed E-state index contributed by atoms with van der Waals surface area (Å²) in [6, 6.07) is 15.1. The van der Waals surface area contributed by atoms with Crippen molar-refractivity contribution >= 4 is 34.1 Å². The highest BCUT2D eigenvalue weighted by Crippen LogP contribution is 2.32. The fourth-order valence-electron chi connectivity index (χ4n) is 2.96. The number of nitrogens with zero attached hydrogens (tertiary/aromatic N) is 4. The van der Waals surface area contributed by atoms with Gasteiger partial charge in [0.1, 0.15) is 22.9 Å². The van der Waals surface area contributed by atoms with Crippen LogP contribution in [0, 0.1) is 0 Å². The van der Waals surface area contributed by atoms with Gasteiger partial charge in [-0.15, -0.1) is 21.5 Å². The number of nitrogens with one attached hydrogen (secondary N) is 1. The summed E-state index contributed by atoms with van der Waals surface area (Å²) in [7, 11) is 3.24. The number of methoxy groups -OCH3 is 2. The molecule has 33 heavy (non-hydrogen) atoms. The fourth-order valence-corrected chi connectivity index (χ4v) is 4.20. The molecule has 10 heteroatoms. The van der Waals surface area contributed by atoms with Crippen LogP contribution in [-0.2, 0) is 4.79 Å². The average Bonchev–Trinajstić information content (AvgIpc) is 3.37. The topological polar surface area (TPSA) is 99.1 Å². The van der Waals surface area contributed by atoms with Crippen LogP contribution in [0.25, 0.3) is 22.5 Å². The molecule has 0 bridgehead atoms. The van der Waals surface area contributed by atoms with Crippen molar-refractivity contribution in [1.82, 2.24) is 20.2 Å². The standard InChI is InChI=1S/C23H21N5O3S2/c1-14(21(29)26-22-24-12-13-32-22)33-23-25-19(15-4-8-17(30-2)9-5-15)20(27-28-23)16-6-10-18(31-3)11-7-16/h4-14H,1-3H3,(H,24,26,29). The smallest absolute Gasteiger partial charge is 0.239 e. The summed E-state index contributed by atoms with van der Waals surface area (Å²) in [5.74, 6) is 1.32. The zero-order chi connectivity index (χ0) is 23.2. The van der Waals surface area contributed by atoms with Crippen LogP contribution in [0.4, 0.5) is 5.13 Å². The van der Waals surface area contributed by atoms with Crippen molar-refractivity contribution in [3.63, 3.8) is 0 Å². The number of rotatable bonds is 8. The van der Waals surface area contributed by atoms with E-state index in [9.17, 15) is 4.79 Å². The van der Waals surface area contributed by atoms with Crippen molar-refractivity contribution in [2.24, 2.45) is 0 Å². The van der Waals surface area contributed by atoms with Gasteiger partial charge in [0.15, 0.2) is 5.13 Å². The third-order valence-electron chi connectivity index (χ3n) is 4.71. The average molecular weight is 480 g/mol. The second-order valence-corrected chi connectivity index (χ2v) is 9.04. The van der Waals surface area contributed by atoms with Gasteiger partial charge in [-0.25, -0.2) is 9.97 Å². The number of thiazole rings is 1. The summed E-state index contributed by atoms with van der Waals surface area (Å²) in [4.78, 5) is 21.4. The SMILES string of the molecule is COc1ccc(-c2nnc(SC(C)C(=O)Nc3nccs3)nc2-c2ccc(OC)cc2)cc1. The van der Waals surface area contributed by atoms with Crippen LogP contribution >= 0.6 is 23.1 Å². The Hall–Kier alpha value is -3.50. The van der Waals surface area contributed by atoms with E-state index in [1.54, 1.807) is 32.7 Å². The minimum absolute atomic E-state index is 0.177. The van der Waals surface area contributed by atoms with E-state index in [2.05, 4.69) is 20.5 Å². The lowest BCUT2D eigenvalue weighted by molar-refractivity contribution is -0.115. The van der Waals surface area contributed by atoms with E-state index in [-0.39, 0.29) is 5.91 Å². The summed E-state index contributed by atoms with van der Waals surface area (Å²) in [6.07, 6.45) is 1.64. The molecule has 168 valence electrons. The van der Waals surface area contributed by atoms with Crippen LogP contribution in [0.5, 0.6) is 11.5 Å². The van der Waals surface area contributed by atoms with E-state index in [0.29, 0.717) is 21.7 Å². The summed E-state index contributed by atoms with van der Waals surface area (Å²) >= 11 is 2.60. The summed E-state index contributed by atoms with van der Waals surface area (Å²) < 4.78 is 10.5. The molecule has 1 N–H and O–H groups in total. The molecule has 0 radical (unpaired) electrons. The van der Waals surface area contributed by atoms with Gasteiger partial charge in [0.25, 0.3) is 0 Å². The third kappa shape index (κ3) is 5.47. The molecule has 4 aromatic rings. The molecular weight excluding hydrogens is 458 g/mol. The summed E-state index contributed by atoms with van der Waals surface area (Å²) in [5.41, 5.74) is 3.01. The Morgan fingerprint density at radius 2 is 1.55 bits per heavy atom. The van der Waals surface area contributed by atoms with Gasteiger partial charge in [-0.05, 0) is 55.5 Å². The van der Waals surface area contributed by atoms with Crippen molar-refractivity contribution in [2.45, 2.75) is 17.3 Å². The molecule has 0 fully saturated rings. The number of hydrogen-bond donors (Lipinski definition) is 1. The lowest BCUT2D eigenvalue weighted by atomic mass is 10.0. The van der Waals surface area contributed by atoms with Crippen LogP contribution in [0.3, 0.4) is 0 Å². The van der Waals surface area contributed by atoms with Crippen LogP contribution in [0.15, 0.2) is 65.3 Å². The molecule has 0 aliphatic heterocycles. The van der Waals surface area contributed by atoms with Crippen LogP contribution < -0.4 is 14.8 Å². The number of carbonyl (C=O) groups is 1. The molecule has 4 rings (SSSR count). The number of amides is 1. The Bertz CT molecular complexity index is 1220. The van der Waals surface area contributed by atoms with Gasteiger partial charge in [0.05, 0.1) is 19.5 Å². The molecule has 2 heterocycles. The monoisotopic (exact) mass is 479 g/mol. The number of anilines is 1. The molecule has 0 aliphatic rings. The molecule has 0 saturated carbocycles. The highest BCUT2D eigenvalue weighted by atomic mass is 32.2. The first-order valence-corrected chi connectivity index (χ1v) is 11.7. The minimum Gasteiger partial charge on any atom is -0.497 e. The quantitative estimate of drug-likeness (QED) is 0.360. The lowest BCUT2D eigenvalue weighted by Crippen LogP contribution is -2.22. The highest BCUT2D eigenvalue weighted by molar-refractivity contribution is 8.00. The van der Waals surface area contributed by atoms with Crippen LogP contribution in [0.2, 0.25) is 0 Å². The number of ether oxygens (including phenoxy) is 2. The summed E-state index contributed by atoms with van der Waals surface area (Å²) in [6.45, 7) is 1.79. The minimum atomic E-state index is -0.439. The molecule has 1 atom stereocenters. The van der Waals surface area contributed by atoms with Gasteiger partial charge in [0.2, 0.25) is 11.1 Å². The van der Waals surface area contributed by atoms with Crippen molar-refractivity contribution in [3.8, 4) is 34.0 Å². The molecule has 1 amide bonds. The third-order valence-corrected chi connectivity index (χ3v) is 6.35. The van der Waals surface area contributed by atoms with Crippen molar-refractivity contribution < 1.29 is 14.3 Å². The maximum atomic E-state index is 12.5. The highest BCUT2D eigenvalue weighted by Gasteiger charge is 2.20. The number of hydrogen-bond acceptors (Lipinski definition) is 9. The van der Waals surface area contributed by atoms with Crippen LogP contribution in [-0.4, -0.2) is 45.5 Å². The number of carbonyl (C=O) groups excluding carboxylic acids is 1. The molecule has 2 aromatic carbocycles. The second kappa shape index (κ2) is 10.4. The first-order valence-electron chi connectivity index (χ1n) is 9.98. The summed E-state index contributed by atoms with van der Waals surface area (Å²) in [5, 5.41) is 13.9. The van der Waals surface area contributed by atoms with Gasteiger partial charge in [0, 0.05) is 22.7 Å². The van der Waals surface area contributed by atoms with E-state index in [1.807, 2.05) is 48.5 Å². The van der Waals surface area contributed by atoms with Gasteiger partial charge in [-0.2, -0.15) is 0 Å². The van der Waals surface area contributed by atoms with Crippen LogP contribution in [0.1, 0.15) is 6.92 Å². The fraction of sp³-hybridized carbons (Fsp3) is 0.174. The Morgan fingerprint density at radius 1 is 0.939 bits per heavy atom. The van der Waals surface area contributed by atoms with Gasteiger partial charge < -0.3 is 14.8 Å². The maximum absolute atomic E-state index is 12.5. The number of benzene rings is 2. The number of thioether (sulfide) groups is 1. The van der Waals surface area contributed by atoms with Gasteiger partial charge in [-0.1, -0.05) is 11.8 Å². The van der Waals surface area contributed by atoms with E-state index >= 15 is 0 Å². The van der Waals surface area contributed by atoms with E-state index in [0.717, 1.165) is 22.6 Å². The Kier molecular flexibility index (Phi) is 7.16. The van der Waals surface area contributed by atoms with E-state index in [4.69, 9.17) is 14.5 Å². The molecule has 0 spiro atoms. The molecular formula is C23H21N5O3S2. The number of aromatic nitrogens is 4. The zero-order valence-corrected chi connectivity index (χ0v) is 19.8. The van der Waals surface area contributed by atoms with Gasteiger partial charge >= 0.3 is 0 Å². The van der Waals surface area contributed by atoms with Crippen molar-refractivity contribution in [2.75, 3.05) is 19.5 Å².